The number of aliphatic hydroxyl groups excluding tert-OH is 1. The lowest BCUT2D eigenvalue weighted by Gasteiger charge is -2.13. The van der Waals surface area contributed by atoms with E-state index in [4.69, 9.17) is 20.8 Å². The molecule has 0 radical (unpaired) electrons. The minimum Gasteiger partial charge on any atom is -0.496 e. The Balaban J connectivity index is 2.23. The summed E-state index contributed by atoms with van der Waals surface area (Å²) in [5.74, 6) is 1.54. The van der Waals surface area contributed by atoms with E-state index in [-0.39, 0.29) is 0 Å². The van der Waals surface area contributed by atoms with Gasteiger partial charge in [0, 0.05) is 23.4 Å². The lowest BCUT2D eigenvalue weighted by molar-refractivity contribution is 0.174. The molecule has 1 unspecified atom stereocenters. The fraction of sp³-hybridized carbons (Fsp3) is 0.333. The van der Waals surface area contributed by atoms with E-state index in [1.165, 1.54) is 0 Å². The molecule has 0 aliphatic heterocycles. The van der Waals surface area contributed by atoms with Crippen LogP contribution in [0.1, 0.15) is 29.9 Å². The summed E-state index contributed by atoms with van der Waals surface area (Å²) in [5.41, 5.74) is 1.70. The van der Waals surface area contributed by atoms with Gasteiger partial charge in [-0.25, -0.2) is 0 Å². The van der Waals surface area contributed by atoms with Crippen molar-refractivity contribution >= 4 is 11.6 Å². The Kier molecular flexibility index (Phi) is 4.51. The number of aliphatic hydroxyl groups is 1. The molecule has 102 valence electrons. The first-order valence-corrected chi connectivity index (χ1v) is 6.60. The van der Waals surface area contributed by atoms with E-state index in [9.17, 15) is 5.11 Å². The number of hydrogen-bond acceptors (Lipinski definition) is 3. The summed E-state index contributed by atoms with van der Waals surface area (Å²) in [6, 6.07) is 7.20. The molecule has 0 fully saturated rings. The number of aryl methyl sites for hydroxylation is 1. The van der Waals surface area contributed by atoms with E-state index < -0.39 is 6.10 Å². The number of methoxy groups -OCH3 is 1. The van der Waals surface area contributed by atoms with Gasteiger partial charge in [-0.05, 0) is 29.8 Å². The molecular weight excluding hydrogens is 264 g/mol. The first kappa shape index (κ1) is 14.0. The standard InChI is InChI=1S/C15H17ClO3/c1-3-14-12(6-7-19-14)13(17)9-10-8-11(16)4-5-15(10)18-2/h4-8,13,17H,3,9H2,1-2H3. The molecule has 1 aromatic heterocycles. The summed E-state index contributed by atoms with van der Waals surface area (Å²) < 4.78 is 10.6. The largest absolute Gasteiger partial charge is 0.496 e. The maximum Gasteiger partial charge on any atom is 0.122 e. The van der Waals surface area contributed by atoms with Crippen molar-refractivity contribution in [3.8, 4) is 5.75 Å². The minimum absolute atomic E-state index is 0.441. The van der Waals surface area contributed by atoms with E-state index in [1.807, 2.05) is 13.0 Å². The molecule has 0 saturated heterocycles. The number of benzene rings is 1. The van der Waals surface area contributed by atoms with Gasteiger partial charge in [0.2, 0.25) is 0 Å². The number of halogens is 1. The SMILES string of the molecule is CCc1occc1C(O)Cc1cc(Cl)ccc1OC. The summed E-state index contributed by atoms with van der Waals surface area (Å²) in [6.45, 7) is 2.00. The van der Waals surface area contributed by atoms with E-state index in [0.29, 0.717) is 11.4 Å². The van der Waals surface area contributed by atoms with Crippen molar-refractivity contribution in [2.24, 2.45) is 0 Å². The third-order valence-corrected chi connectivity index (χ3v) is 3.35. The van der Waals surface area contributed by atoms with E-state index in [0.717, 1.165) is 29.1 Å². The predicted octanol–water partition coefficient (Wildman–Crippen LogP) is 3.78. The maximum absolute atomic E-state index is 10.3. The molecule has 3 nitrogen and oxygen atoms in total. The van der Waals surface area contributed by atoms with Crippen LogP contribution in [0.3, 0.4) is 0 Å². The van der Waals surface area contributed by atoms with Crippen LogP contribution >= 0.6 is 11.6 Å². The smallest absolute Gasteiger partial charge is 0.122 e. The van der Waals surface area contributed by atoms with Crippen LogP contribution in [0.4, 0.5) is 0 Å². The third-order valence-electron chi connectivity index (χ3n) is 3.12. The summed E-state index contributed by atoms with van der Waals surface area (Å²) in [7, 11) is 1.61. The molecule has 1 atom stereocenters. The monoisotopic (exact) mass is 280 g/mol. The molecule has 0 amide bonds. The van der Waals surface area contributed by atoms with Gasteiger partial charge in [-0.1, -0.05) is 18.5 Å². The summed E-state index contributed by atoms with van der Waals surface area (Å²) in [5, 5.41) is 11.0. The normalized spacial score (nSPS) is 12.4. The molecule has 0 bridgehead atoms. The van der Waals surface area contributed by atoms with Crippen LogP contribution in [-0.2, 0) is 12.8 Å². The lowest BCUT2D eigenvalue weighted by atomic mass is 10.0. The van der Waals surface area contributed by atoms with Crippen LogP contribution in [0.5, 0.6) is 5.75 Å². The van der Waals surface area contributed by atoms with E-state index in [1.54, 1.807) is 31.6 Å². The molecule has 1 heterocycles. The average molecular weight is 281 g/mol. The van der Waals surface area contributed by atoms with Crippen molar-refractivity contribution in [2.75, 3.05) is 7.11 Å². The zero-order valence-corrected chi connectivity index (χ0v) is 11.8. The maximum atomic E-state index is 10.3. The van der Waals surface area contributed by atoms with Crippen molar-refractivity contribution in [3.05, 3.63) is 52.4 Å². The van der Waals surface area contributed by atoms with Crippen LogP contribution < -0.4 is 4.74 Å². The van der Waals surface area contributed by atoms with Gasteiger partial charge in [-0.15, -0.1) is 0 Å². The average Bonchev–Trinajstić information content (AvgIpc) is 2.87. The number of furan rings is 1. The Labute approximate surface area is 117 Å². The molecule has 0 aliphatic carbocycles. The summed E-state index contributed by atoms with van der Waals surface area (Å²) in [4.78, 5) is 0. The Morgan fingerprint density at radius 3 is 2.84 bits per heavy atom. The van der Waals surface area contributed by atoms with Gasteiger partial charge < -0.3 is 14.3 Å². The summed E-state index contributed by atoms with van der Waals surface area (Å²) >= 11 is 5.98. The fourth-order valence-corrected chi connectivity index (χ4v) is 2.35. The van der Waals surface area contributed by atoms with Gasteiger partial charge in [0.15, 0.2) is 0 Å². The first-order valence-electron chi connectivity index (χ1n) is 6.22. The third kappa shape index (κ3) is 3.11. The van der Waals surface area contributed by atoms with E-state index in [2.05, 4.69) is 0 Å². The second-order valence-corrected chi connectivity index (χ2v) is 4.77. The van der Waals surface area contributed by atoms with Gasteiger partial charge in [0.1, 0.15) is 11.5 Å². The van der Waals surface area contributed by atoms with Gasteiger partial charge in [0.05, 0.1) is 19.5 Å². The van der Waals surface area contributed by atoms with Crippen molar-refractivity contribution in [1.82, 2.24) is 0 Å². The van der Waals surface area contributed by atoms with Gasteiger partial charge in [0.25, 0.3) is 0 Å². The van der Waals surface area contributed by atoms with Gasteiger partial charge in [-0.2, -0.15) is 0 Å². The quantitative estimate of drug-likeness (QED) is 0.906. The zero-order chi connectivity index (χ0) is 13.8. The topological polar surface area (TPSA) is 42.6 Å². The highest BCUT2D eigenvalue weighted by Gasteiger charge is 2.17. The van der Waals surface area contributed by atoms with Gasteiger partial charge >= 0.3 is 0 Å². The Morgan fingerprint density at radius 2 is 2.16 bits per heavy atom. The Bertz CT molecular complexity index is 548. The zero-order valence-electron chi connectivity index (χ0n) is 11.0. The molecule has 0 spiro atoms. The van der Waals surface area contributed by atoms with E-state index >= 15 is 0 Å². The second-order valence-electron chi connectivity index (χ2n) is 4.33. The molecule has 4 heteroatoms. The van der Waals surface area contributed by atoms with Crippen molar-refractivity contribution in [1.29, 1.82) is 0 Å². The second kappa shape index (κ2) is 6.13. The molecule has 2 aromatic rings. The van der Waals surface area contributed by atoms with Crippen molar-refractivity contribution < 1.29 is 14.3 Å². The minimum atomic E-state index is -0.624. The van der Waals surface area contributed by atoms with Crippen LogP contribution in [0.25, 0.3) is 0 Å². The number of ether oxygens (including phenoxy) is 1. The molecule has 0 saturated carbocycles. The molecule has 1 aromatic carbocycles. The molecule has 19 heavy (non-hydrogen) atoms. The first-order chi connectivity index (χ1) is 9.15. The van der Waals surface area contributed by atoms with Crippen LogP contribution in [-0.4, -0.2) is 12.2 Å². The number of hydrogen-bond donors (Lipinski definition) is 1. The summed E-state index contributed by atoms with van der Waals surface area (Å²) in [6.07, 6.45) is 2.18. The Morgan fingerprint density at radius 1 is 1.37 bits per heavy atom. The number of rotatable bonds is 5. The highest BCUT2D eigenvalue weighted by Crippen LogP contribution is 2.29. The molecule has 0 aliphatic rings. The molecule has 2 rings (SSSR count). The van der Waals surface area contributed by atoms with Crippen molar-refractivity contribution in [3.63, 3.8) is 0 Å². The van der Waals surface area contributed by atoms with Gasteiger partial charge in [-0.3, -0.25) is 0 Å². The van der Waals surface area contributed by atoms with Crippen LogP contribution in [0, 0.1) is 0 Å². The highest BCUT2D eigenvalue weighted by atomic mass is 35.5. The lowest BCUT2D eigenvalue weighted by Crippen LogP contribution is -2.04. The van der Waals surface area contributed by atoms with Crippen molar-refractivity contribution in [2.45, 2.75) is 25.9 Å². The van der Waals surface area contributed by atoms with Crippen LogP contribution in [0.2, 0.25) is 5.02 Å². The molecular formula is C15H17ClO3. The predicted molar refractivity (Wildman–Crippen MR) is 74.8 cm³/mol. The van der Waals surface area contributed by atoms with Crippen LogP contribution in [0.15, 0.2) is 34.9 Å². The molecule has 1 N–H and O–H groups in total. The Hall–Kier alpha value is -1.45. The highest BCUT2D eigenvalue weighted by molar-refractivity contribution is 6.30. The fourth-order valence-electron chi connectivity index (χ4n) is 2.16.